The van der Waals surface area contributed by atoms with Crippen molar-refractivity contribution in [2.24, 2.45) is 0 Å². The predicted molar refractivity (Wildman–Crippen MR) is 102 cm³/mol. The molecule has 3 aromatic heterocycles. The first-order valence-electron chi connectivity index (χ1n) is 8.85. The number of rotatable bonds is 2. The number of nitrogens with zero attached hydrogens (tertiary/aromatic N) is 5. The molecule has 0 atom stereocenters. The van der Waals surface area contributed by atoms with E-state index in [2.05, 4.69) is 29.9 Å². The maximum absolute atomic E-state index is 13.1. The van der Waals surface area contributed by atoms with Crippen LogP contribution >= 0.6 is 0 Å². The number of imidazole rings is 1. The van der Waals surface area contributed by atoms with Crippen LogP contribution in [0.15, 0.2) is 42.9 Å². The first-order valence-corrected chi connectivity index (χ1v) is 8.85. The van der Waals surface area contributed by atoms with Crippen LogP contribution in [0.2, 0.25) is 0 Å². The molecule has 0 saturated carbocycles. The molecule has 4 aromatic rings. The van der Waals surface area contributed by atoms with E-state index in [1.54, 1.807) is 24.5 Å². The van der Waals surface area contributed by atoms with Crippen LogP contribution in [0.25, 0.3) is 33.7 Å². The zero-order valence-corrected chi connectivity index (χ0v) is 15.9. The molecule has 4 rings (SSSR count). The molecule has 0 unspecified atom stereocenters. The molecule has 6 nitrogen and oxygen atoms in total. The first kappa shape index (κ1) is 19.0. The van der Waals surface area contributed by atoms with Gasteiger partial charge in [0.25, 0.3) is 0 Å². The minimum atomic E-state index is -4.64. The van der Waals surface area contributed by atoms with Gasteiger partial charge in [0.1, 0.15) is 5.82 Å². The monoisotopic (exact) mass is 398 g/mol. The fourth-order valence-electron chi connectivity index (χ4n) is 2.87. The van der Waals surface area contributed by atoms with Gasteiger partial charge in [-0.1, -0.05) is 26.8 Å². The average molecular weight is 398 g/mol. The highest BCUT2D eigenvalue weighted by atomic mass is 19.4. The third-order valence-electron chi connectivity index (χ3n) is 4.32. The van der Waals surface area contributed by atoms with Gasteiger partial charge in [-0.3, -0.25) is 9.97 Å². The van der Waals surface area contributed by atoms with Gasteiger partial charge >= 0.3 is 6.18 Å². The van der Waals surface area contributed by atoms with E-state index in [0.717, 1.165) is 6.20 Å². The molecule has 0 spiro atoms. The van der Waals surface area contributed by atoms with Crippen molar-refractivity contribution in [1.82, 2.24) is 29.9 Å². The Balaban J connectivity index is 1.93. The molecule has 0 amide bonds. The van der Waals surface area contributed by atoms with Gasteiger partial charge in [0, 0.05) is 29.6 Å². The summed E-state index contributed by atoms with van der Waals surface area (Å²) >= 11 is 0. The molecule has 0 bridgehead atoms. The van der Waals surface area contributed by atoms with Crippen LogP contribution in [0.3, 0.4) is 0 Å². The molecule has 3 heterocycles. The number of benzene rings is 1. The fourth-order valence-corrected chi connectivity index (χ4v) is 2.87. The standard InChI is InChI=1S/C20H17F3N6/c1-19(2,3)17-28-15(11-4-5-12-14(10-11)25-9-8-24-12)16(29-17)13-6-7-26-18(27-13)20(21,22)23/h4-10H,1-3H3,(H,28,29). The summed E-state index contributed by atoms with van der Waals surface area (Å²) in [5.41, 5.74) is 2.74. The minimum absolute atomic E-state index is 0.115. The topological polar surface area (TPSA) is 80.2 Å². The van der Waals surface area contributed by atoms with Crippen LogP contribution in [-0.2, 0) is 11.6 Å². The number of aromatic amines is 1. The molecule has 148 valence electrons. The van der Waals surface area contributed by atoms with E-state index >= 15 is 0 Å². The molecule has 0 aliphatic carbocycles. The van der Waals surface area contributed by atoms with E-state index < -0.39 is 12.0 Å². The van der Waals surface area contributed by atoms with E-state index in [9.17, 15) is 13.2 Å². The van der Waals surface area contributed by atoms with Crippen molar-refractivity contribution < 1.29 is 13.2 Å². The molecule has 29 heavy (non-hydrogen) atoms. The van der Waals surface area contributed by atoms with Crippen LogP contribution in [0.5, 0.6) is 0 Å². The van der Waals surface area contributed by atoms with Crippen LogP contribution in [0.4, 0.5) is 13.2 Å². The van der Waals surface area contributed by atoms with Crippen molar-refractivity contribution in [3.05, 3.63) is 54.5 Å². The maximum Gasteiger partial charge on any atom is 0.451 e. The minimum Gasteiger partial charge on any atom is -0.340 e. The lowest BCUT2D eigenvalue weighted by Gasteiger charge is -2.14. The van der Waals surface area contributed by atoms with E-state index in [-0.39, 0.29) is 11.1 Å². The largest absolute Gasteiger partial charge is 0.451 e. The Hall–Kier alpha value is -3.36. The Morgan fingerprint density at radius 1 is 0.828 bits per heavy atom. The second-order valence-corrected chi connectivity index (χ2v) is 7.58. The summed E-state index contributed by atoms with van der Waals surface area (Å²) in [7, 11) is 0. The summed E-state index contributed by atoms with van der Waals surface area (Å²) in [5, 5.41) is 0. The molecule has 9 heteroatoms. The van der Waals surface area contributed by atoms with E-state index in [1.165, 1.54) is 6.07 Å². The van der Waals surface area contributed by atoms with Gasteiger partial charge in [0.15, 0.2) is 0 Å². The second kappa shape index (κ2) is 6.61. The third kappa shape index (κ3) is 3.67. The lowest BCUT2D eigenvalue weighted by atomic mass is 9.96. The molecule has 0 radical (unpaired) electrons. The number of nitrogens with one attached hydrogen (secondary N) is 1. The van der Waals surface area contributed by atoms with Crippen molar-refractivity contribution in [1.29, 1.82) is 0 Å². The van der Waals surface area contributed by atoms with Crippen molar-refractivity contribution in [3.63, 3.8) is 0 Å². The molecule has 0 aliphatic rings. The molecule has 1 N–H and O–H groups in total. The van der Waals surface area contributed by atoms with Gasteiger partial charge in [-0.2, -0.15) is 13.2 Å². The SMILES string of the molecule is CC(C)(C)c1nc(-c2ccc3nccnc3c2)c(-c2ccnc(C(F)(F)F)n2)[nH]1. The Kier molecular flexibility index (Phi) is 4.33. The van der Waals surface area contributed by atoms with E-state index in [4.69, 9.17) is 0 Å². The Morgan fingerprint density at radius 2 is 1.55 bits per heavy atom. The summed E-state index contributed by atoms with van der Waals surface area (Å²) in [6.45, 7) is 5.89. The Labute approximate surface area is 164 Å². The molecular formula is C20H17F3N6. The second-order valence-electron chi connectivity index (χ2n) is 7.58. The normalized spacial score (nSPS) is 12.5. The number of H-pyrrole nitrogens is 1. The lowest BCUT2D eigenvalue weighted by molar-refractivity contribution is -0.144. The molecular weight excluding hydrogens is 381 g/mol. The highest BCUT2D eigenvalue weighted by Crippen LogP contribution is 2.34. The molecule has 1 aromatic carbocycles. The molecule has 0 aliphatic heterocycles. The highest BCUT2D eigenvalue weighted by molar-refractivity contribution is 5.84. The summed E-state index contributed by atoms with van der Waals surface area (Å²) in [6.07, 6.45) is -0.364. The van der Waals surface area contributed by atoms with Crippen LogP contribution < -0.4 is 0 Å². The van der Waals surface area contributed by atoms with Crippen LogP contribution in [0, 0.1) is 0 Å². The first-order chi connectivity index (χ1) is 13.6. The summed E-state index contributed by atoms with van der Waals surface area (Å²) < 4.78 is 39.3. The maximum atomic E-state index is 13.1. The number of fused-ring (bicyclic) bond motifs is 1. The van der Waals surface area contributed by atoms with Gasteiger partial charge in [-0.25, -0.2) is 15.0 Å². The van der Waals surface area contributed by atoms with Gasteiger partial charge < -0.3 is 4.98 Å². The number of aromatic nitrogens is 6. The zero-order valence-electron chi connectivity index (χ0n) is 15.9. The number of halogens is 3. The number of alkyl halides is 3. The van der Waals surface area contributed by atoms with Crippen LogP contribution in [-0.4, -0.2) is 29.9 Å². The lowest BCUT2D eigenvalue weighted by Crippen LogP contribution is -2.13. The summed E-state index contributed by atoms with van der Waals surface area (Å²) in [5.74, 6) is -0.564. The quantitative estimate of drug-likeness (QED) is 0.525. The van der Waals surface area contributed by atoms with Crippen molar-refractivity contribution in [3.8, 4) is 22.6 Å². The van der Waals surface area contributed by atoms with Crippen molar-refractivity contribution in [2.75, 3.05) is 0 Å². The predicted octanol–water partition coefficient (Wildman–Crippen LogP) is 4.79. The Morgan fingerprint density at radius 3 is 2.24 bits per heavy atom. The molecule has 0 saturated heterocycles. The fraction of sp³-hybridized carbons (Fsp3) is 0.250. The summed E-state index contributed by atoms with van der Waals surface area (Å²) in [6, 6.07) is 6.85. The summed E-state index contributed by atoms with van der Waals surface area (Å²) in [4.78, 5) is 23.4. The van der Waals surface area contributed by atoms with Gasteiger partial charge in [0.05, 0.1) is 28.1 Å². The van der Waals surface area contributed by atoms with Gasteiger partial charge in [0.2, 0.25) is 5.82 Å². The average Bonchev–Trinajstić information content (AvgIpc) is 3.13. The van der Waals surface area contributed by atoms with Gasteiger partial charge in [-0.15, -0.1) is 0 Å². The van der Waals surface area contributed by atoms with Crippen molar-refractivity contribution in [2.45, 2.75) is 32.4 Å². The van der Waals surface area contributed by atoms with E-state index in [1.807, 2.05) is 26.8 Å². The molecule has 0 fully saturated rings. The number of hydrogen-bond donors (Lipinski definition) is 1. The highest BCUT2D eigenvalue weighted by Gasteiger charge is 2.35. The smallest absolute Gasteiger partial charge is 0.340 e. The Bertz CT molecular complexity index is 1190. The van der Waals surface area contributed by atoms with Crippen molar-refractivity contribution >= 4 is 11.0 Å². The van der Waals surface area contributed by atoms with E-state index in [0.29, 0.717) is 33.8 Å². The number of hydrogen-bond acceptors (Lipinski definition) is 5. The zero-order chi connectivity index (χ0) is 20.8. The van der Waals surface area contributed by atoms with Crippen LogP contribution in [0.1, 0.15) is 32.4 Å². The third-order valence-corrected chi connectivity index (χ3v) is 4.32. The van der Waals surface area contributed by atoms with Gasteiger partial charge in [-0.05, 0) is 18.2 Å².